The van der Waals surface area contributed by atoms with Crippen molar-refractivity contribution in [2.75, 3.05) is 33.9 Å². The highest BCUT2D eigenvalue weighted by Gasteiger charge is 2.37. The van der Waals surface area contributed by atoms with Gasteiger partial charge in [-0.25, -0.2) is 4.98 Å². The number of nitrogens with zero attached hydrogens (tertiary/aromatic N) is 1. The first-order valence-corrected chi connectivity index (χ1v) is 6.04. The molecular formula is C13H20N2O2. The van der Waals surface area contributed by atoms with Gasteiger partial charge in [-0.15, -0.1) is 0 Å². The predicted molar refractivity (Wildman–Crippen MR) is 66.4 cm³/mol. The first kappa shape index (κ1) is 12.3. The van der Waals surface area contributed by atoms with Crippen LogP contribution in [0.3, 0.4) is 0 Å². The van der Waals surface area contributed by atoms with Gasteiger partial charge in [0, 0.05) is 25.9 Å². The largest absolute Gasteiger partial charge is 0.481 e. The summed E-state index contributed by atoms with van der Waals surface area (Å²) < 4.78 is 10.0. The fraction of sp³-hybridized carbons (Fsp3) is 0.615. The van der Waals surface area contributed by atoms with E-state index in [-0.39, 0.29) is 0 Å². The summed E-state index contributed by atoms with van der Waals surface area (Å²) in [6.07, 6.45) is 3.19. The Labute approximate surface area is 102 Å². The number of aromatic nitrogens is 1. The minimum atomic E-state index is 0.670. The zero-order chi connectivity index (χ0) is 12.1. The van der Waals surface area contributed by atoms with Crippen LogP contribution < -0.4 is 10.1 Å². The summed E-state index contributed by atoms with van der Waals surface area (Å²) in [5.74, 6) is 2.11. The summed E-state index contributed by atoms with van der Waals surface area (Å²) in [5.41, 5.74) is 1.32. The summed E-state index contributed by atoms with van der Waals surface area (Å²) in [4.78, 5) is 4.24. The van der Waals surface area contributed by atoms with E-state index in [9.17, 15) is 0 Å². The van der Waals surface area contributed by atoms with Gasteiger partial charge in [-0.2, -0.15) is 0 Å². The minimum absolute atomic E-state index is 0.670. The summed E-state index contributed by atoms with van der Waals surface area (Å²) in [6.45, 7) is 2.78. The number of rotatable bonds is 7. The van der Waals surface area contributed by atoms with Crippen molar-refractivity contribution >= 4 is 0 Å². The lowest BCUT2D eigenvalue weighted by Crippen LogP contribution is -2.21. The molecule has 2 atom stereocenters. The van der Waals surface area contributed by atoms with Gasteiger partial charge in [0.15, 0.2) is 0 Å². The van der Waals surface area contributed by atoms with Crippen molar-refractivity contribution < 1.29 is 9.47 Å². The van der Waals surface area contributed by atoms with Crippen LogP contribution in [0.4, 0.5) is 0 Å². The molecule has 2 unspecified atom stereocenters. The molecule has 0 bridgehead atoms. The molecule has 0 spiro atoms. The van der Waals surface area contributed by atoms with Gasteiger partial charge in [-0.1, -0.05) is 6.07 Å². The Hall–Kier alpha value is -1.13. The fourth-order valence-corrected chi connectivity index (χ4v) is 2.07. The second-order valence-corrected chi connectivity index (χ2v) is 4.43. The molecular weight excluding hydrogens is 216 g/mol. The molecule has 17 heavy (non-hydrogen) atoms. The maximum absolute atomic E-state index is 5.05. The molecule has 0 saturated heterocycles. The normalized spacial score (nSPS) is 22.5. The van der Waals surface area contributed by atoms with E-state index in [0.717, 1.165) is 25.6 Å². The van der Waals surface area contributed by atoms with E-state index in [1.807, 2.05) is 12.3 Å². The Morgan fingerprint density at radius 3 is 2.94 bits per heavy atom. The number of nitrogens with one attached hydrogen (secondary N) is 1. The summed E-state index contributed by atoms with van der Waals surface area (Å²) in [6, 6.07) is 4.05. The SMILES string of the molecule is COCCNCC1CC1c1ccc(OC)nc1. The van der Waals surface area contributed by atoms with Crippen LogP contribution in [-0.2, 0) is 4.74 Å². The van der Waals surface area contributed by atoms with Gasteiger partial charge in [-0.05, 0) is 30.4 Å². The van der Waals surface area contributed by atoms with Crippen LogP contribution in [0.1, 0.15) is 17.9 Å². The van der Waals surface area contributed by atoms with Crippen molar-refractivity contribution in [3.8, 4) is 5.88 Å². The van der Waals surface area contributed by atoms with Crippen molar-refractivity contribution in [2.24, 2.45) is 5.92 Å². The molecule has 1 fully saturated rings. The number of hydrogen-bond donors (Lipinski definition) is 1. The standard InChI is InChI=1S/C13H20N2O2/c1-16-6-5-14-8-11-7-12(11)10-3-4-13(17-2)15-9-10/h3-4,9,11-12,14H,5-8H2,1-2H3. The molecule has 1 N–H and O–H groups in total. The lowest BCUT2D eigenvalue weighted by molar-refractivity contribution is 0.199. The summed E-state index contributed by atoms with van der Waals surface area (Å²) in [7, 11) is 3.37. The van der Waals surface area contributed by atoms with Gasteiger partial charge in [-0.3, -0.25) is 0 Å². The van der Waals surface area contributed by atoms with E-state index in [4.69, 9.17) is 9.47 Å². The molecule has 1 saturated carbocycles. The predicted octanol–water partition coefficient (Wildman–Crippen LogP) is 1.43. The van der Waals surface area contributed by atoms with Gasteiger partial charge >= 0.3 is 0 Å². The third-order valence-electron chi connectivity index (χ3n) is 3.21. The van der Waals surface area contributed by atoms with Crippen LogP contribution >= 0.6 is 0 Å². The maximum atomic E-state index is 5.05. The highest BCUT2D eigenvalue weighted by Crippen LogP contribution is 2.46. The molecule has 1 aliphatic rings. The zero-order valence-electron chi connectivity index (χ0n) is 10.5. The third kappa shape index (κ3) is 3.41. The summed E-state index contributed by atoms with van der Waals surface area (Å²) in [5, 5.41) is 3.40. The van der Waals surface area contributed by atoms with E-state index >= 15 is 0 Å². The molecule has 4 nitrogen and oxygen atoms in total. The van der Waals surface area contributed by atoms with Crippen LogP contribution in [-0.4, -0.2) is 38.9 Å². The highest BCUT2D eigenvalue weighted by molar-refractivity contribution is 5.26. The van der Waals surface area contributed by atoms with E-state index in [1.54, 1.807) is 14.2 Å². The van der Waals surface area contributed by atoms with Gasteiger partial charge in [0.25, 0.3) is 0 Å². The van der Waals surface area contributed by atoms with Gasteiger partial charge in [0.05, 0.1) is 13.7 Å². The molecule has 0 aliphatic heterocycles. The molecule has 1 aliphatic carbocycles. The number of ether oxygens (including phenoxy) is 2. The zero-order valence-corrected chi connectivity index (χ0v) is 10.5. The Morgan fingerprint density at radius 1 is 1.41 bits per heavy atom. The summed E-state index contributed by atoms with van der Waals surface area (Å²) >= 11 is 0. The second-order valence-electron chi connectivity index (χ2n) is 4.43. The Balaban J connectivity index is 1.73. The second kappa shape index (κ2) is 5.98. The first-order chi connectivity index (χ1) is 8.35. The van der Waals surface area contributed by atoms with E-state index in [0.29, 0.717) is 11.8 Å². The van der Waals surface area contributed by atoms with E-state index < -0.39 is 0 Å². The molecule has 1 heterocycles. The topological polar surface area (TPSA) is 43.4 Å². The average Bonchev–Trinajstić information content (AvgIpc) is 3.14. The molecule has 0 radical (unpaired) electrons. The molecule has 2 rings (SSSR count). The number of hydrogen-bond acceptors (Lipinski definition) is 4. The third-order valence-corrected chi connectivity index (χ3v) is 3.21. The first-order valence-electron chi connectivity index (χ1n) is 6.04. The van der Waals surface area contributed by atoms with Crippen LogP contribution in [0.5, 0.6) is 5.88 Å². The van der Waals surface area contributed by atoms with E-state index in [2.05, 4.69) is 16.4 Å². The Kier molecular flexibility index (Phi) is 4.34. The lowest BCUT2D eigenvalue weighted by atomic mass is 10.1. The van der Waals surface area contributed by atoms with Crippen molar-refractivity contribution in [2.45, 2.75) is 12.3 Å². The van der Waals surface area contributed by atoms with Crippen molar-refractivity contribution in [1.29, 1.82) is 0 Å². The van der Waals surface area contributed by atoms with Crippen LogP contribution in [0, 0.1) is 5.92 Å². The smallest absolute Gasteiger partial charge is 0.212 e. The molecule has 4 heteroatoms. The van der Waals surface area contributed by atoms with Crippen LogP contribution in [0.2, 0.25) is 0 Å². The van der Waals surface area contributed by atoms with E-state index in [1.165, 1.54) is 12.0 Å². The number of methoxy groups -OCH3 is 2. The van der Waals surface area contributed by atoms with Crippen molar-refractivity contribution in [3.63, 3.8) is 0 Å². The monoisotopic (exact) mass is 236 g/mol. The average molecular weight is 236 g/mol. The van der Waals surface area contributed by atoms with Crippen molar-refractivity contribution in [1.82, 2.24) is 10.3 Å². The lowest BCUT2D eigenvalue weighted by Gasteiger charge is -2.04. The molecule has 1 aromatic rings. The fourth-order valence-electron chi connectivity index (χ4n) is 2.07. The molecule has 94 valence electrons. The molecule has 1 aromatic heterocycles. The van der Waals surface area contributed by atoms with Crippen LogP contribution in [0.15, 0.2) is 18.3 Å². The highest BCUT2D eigenvalue weighted by atomic mass is 16.5. The van der Waals surface area contributed by atoms with Gasteiger partial charge < -0.3 is 14.8 Å². The van der Waals surface area contributed by atoms with Crippen LogP contribution in [0.25, 0.3) is 0 Å². The number of pyridine rings is 1. The minimum Gasteiger partial charge on any atom is -0.481 e. The van der Waals surface area contributed by atoms with Gasteiger partial charge in [0.2, 0.25) is 5.88 Å². The Morgan fingerprint density at radius 2 is 2.29 bits per heavy atom. The Bertz CT molecular complexity index is 340. The molecule has 0 amide bonds. The van der Waals surface area contributed by atoms with Gasteiger partial charge in [0.1, 0.15) is 0 Å². The molecule has 0 aromatic carbocycles. The van der Waals surface area contributed by atoms with Crippen molar-refractivity contribution in [3.05, 3.63) is 23.9 Å². The quantitative estimate of drug-likeness (QED) is 0.727. The maximum Gasteiger partial charge on any atom is 0.212 e.